The summed E-state index contributed by atoms with van der Waals surface area (Å²) in [7, 11) is 2.11. The van der Waals surface area contributed by atoms with Crippen molar-refractivity contribution in [3.63, 3.8) is 0 Å². The molecule has 4 nitrogen and oxygen atoms in total. The average Bonchev–Trinajstić information content (AvgIpc) is 3.01. The first-order chi connectivity index (χ1) is 9.19. The molecule has 110 valence electrons. The smallest absolute Gasteiger partial charge is 0.168 e. The second-order valence-electron chi connectivity index (χ2n) is 6.53. The molecule has 0 amide bonds. The normalized spacial score (nSPS) is 38.4. The number of aliphatic hydroxyl groups is 1. The van der Waals surface area contributed by atoms with E-state index in [0.717, 1.165) is 38.6 Å². The van der Waals surface area contributed by atoms with E-state index in [2.05, 4.69) is 11.9 Å². The quantitative estimate of drug-likeness (QED) is 0.850. The Morgan fingerprint density at radius 1 is 1.16 bits per heavy atom. The van der Waals surface area contributed by atoms with Crippen molar-refractivity contribution in [2.24, 2.45) is 0 Å². The van der Waals surface area contributed by atoms with Gasteiger partial charge in [-0.3, -0.25) is 4.90 Å². The monoisotopic (exact) mass is 269 g/mol. The highest BCUT2D eigenvalue weighted by Gasteiger charge is 2.44. The number of hydrogen-bond acceptors (Lipinski definition) is 4. The molecule has 3 aliphatic rings. The molecule has 3 atom stereocenters. The van der Waals surface area contributed by atoms with E-state index in [9.17, 15) is 5.11 Å². The number of aliphatic hydroxyl groups excluding tert-OH is 1. The van der Waals surface area contributed by atoms with Gasteiger partial charge in [0.2, 0.25) is 0 Å². The highest BCUT2D eigenvalue weighted by Crippen LogP contribution is 2.39. The Hall–Kier alpha value is -0.160. The van der Waals surface area contributed by atoms with Crippen LogP contribution in [0, 0.1) is 0 Å². The van der Waals surface area contributed by atoms with Crippen LogP contribution in [-0.4, -0.2) is 54.2 Å². The first kappa shape index (κ1) is 13.8. The van der Waals surface area contributed by atoms with Crippen molar-refractivity contribution in [2.45, 2.75) is 75.4 Å². The number of likely N-dealkylation sites (N-methyl/N-ethyl adjacent to an activating group) is 1. The van der Waals surface area contributed by atoms with Gasteiger partial charge >= 0.3 is 0 Å². The van der Waals surface area contributed by atoms with Gasteiger partial charge in [0.1, 0.15) is 0 Å². The molecule has 2 saturated carbocycles. The third-order valence-corrected chi connectivity index (χ3v) is 5.03. The van der Waals surface area contributed by atoms with Crippen molar-refractivity contribution in [1.29, 1.82) is 0 Å². The summed E-state index contributed by atoms with van der Waals surface area (Å²) in [4.78, 5) is 2.28. The lowest BCUT2D eigenvalue weighted by Gasteiger charge is -2.36. The maximum atomic E-state index is 10.1. The molecule has 1 spiro atoms. The Balaban J connectivity index is 1.51. The molecule has 19 heavy (non-hydrogen) atoms. The molecule has 4 heteroatoms. The van der Waals surface area contributed by atoms with Gasteiger partial charge in [-0.1, -0.05) is 12.8 Å². The first-order valence-electron chi connectivity index (χ1n) is 7.89. The number of hydrogen-bond donors (Lipinski definition) is 1. The molecule has 2 aliphatic carbocycles. The molecule has 0 aromatic heterocycles. The molecular weight excluding hydrogens is 242 g/mol. The van der Waals surface area contributed by atoms with Crippen molar-refractivity contribution < 1.29 is 14.6 Å². The SMILES string of the molecule is CN(CC1COC2(CCCC2)O1)C1CCCCC1O. The number of nitrogens with zero attached hydrogens (tertiary/aromatic N) is 1. The molecule has 3 unspecified atom stereocenters. The van der Waals surface area contributed by atoms with Crippen LogP contribution >= 0.6 is 0 Å². The van der Waals surface area contributed by atoms with E-state index < -0.39 is 0 Å². The molecule has 3 fully saturated rings. The topological polar surface area (TPSA) is 41.9 Å². The fourth-order valence-corrected chi connectivity index (χ4v) is 3.94. The van der Waals surface area contributed by atoms with E-state index >= 15 is 0 Å². The minimum Gasteiger partial charge on any atom is -0.391 e. The predicted molar refractivity (Wildman–Crippen MR) is 72.9 cm³/mol. The molecule has 0 radical (unpaired) electrons. The number of ether oxygens (including phenoxy) is 2. The summed E-state index contributed by atoms with van der Waals surface area (Å²) < 4.78 is 12.1. The van der Waals surface area contributed by atoms with Gasteiger partial charge in [0.05, 0.1) is 18.8 Å². The van der Waals surface area contributed by atoms with Crippen molar-refractivity contribution in [1.82, 2.24) is 4.90 Å². The second kappa shape index (κ2) is 5.68. The predicted octanol–water partition coefficient (Wildman–Crippen LogP) is 1.91. The molecule has 0 aromatic carbocycles. The Kier molecular flexibility index (Phi) is 4.13. The third-order valence-electron chi connectivity index (χ3n) is 5.03. The lowest BCUT2D eigenvalue weighted by molar-refractivity contribution is -0.164. The van der Waals surface area contributed by atoms with E-state index in [4.69, 9.17) is 9.47 Å². The van der Waals surface area contributed by atoms with E-state index in [0.29, 0.717) is 12.6 Å². The third kappa shape index (κ3) is 2.97. The molecule has 1 saturated heterocycles. The van der Waals surface area contributed by atoms with Gasteiger partial charge in [0, 0.05) is 25.4 Å². The Morgan fingerprint density at radius 2 is 1.89 bits per heavy atom. The van der Waals surface area contributed by atoms with Crippen molar-refractivity contribution in [3.05, 3.63) is 0 Å². The van der Waals surface area contributed by atoms with Crippen LogP contribution in [0.25, 0.3) is 0 Å². The largest absolute Gasteiger partial charge is 0.391 e. The van der Waals surface area contributed by atoms with Crippen LogP contribution in [0.3, 0.4) is 0 Å². The maximum absolute atomic E-state index is 10.1. The zero-order valence-electron chi connectivity index (χ0n) is 12.0. The molecule has 1 heterocycles. The van der Waals surface area contributed by atoms with Crippen molar-refractivity contribution in [3.8, 4) is 0 Å². The lowest BCUT2D eigenvalue weighted by atomic mass is 9.91. The number of rotatable bonds is 3. The van der Waals surface area contributed by atoms with E-state index in [1.807, 2.05) is 0 Å². The van der Waals surface area contributed by atoms with Gasteiger partial charge in [-0.2, -0.15) is 0 Å². The molecule has 1 aliphatic heterocycles. The molecule has 1 N–H and O–H groups in total. The molecule has 0 bridgehead atoms. The second-order valence-corrected chi connectivity index (χ2v) is 6.53. The van der Waals surface area contributed by atoms with Crippen LogP contribution in [0.2, 0.25) is 0 Å². The fourth-order valence-electron chi connectivity index (χ4n) is 3.94. The standard InChI is InChI=1S/C15H27NO3/c1-16(13-6-2-3-7-14(13)17)10-12-11-18-15(19-12)8-4-5-9-15/h12-14,17H,2-11H2,1H3. The average molecular weight is 269 g/mol. The minimum atomic E-state index is -0.253. The lowest BCUT2D eigenvalue weighted by Crippen LogP contribution is -2.46. The van der Waals surface area contributed by atoms with E-state index in [1.165, 1.54) is 19.3 Å². The summed E-state index contributed by atoms with van der Waals surface area (Å²) in [6.45, 7) is 1.59. The van der Waals surface area contributed by atoms with Gasteiger partial charge in [-0.05, 0) is 32.7 Å². The summed E-state index contributed by atoms with van der Waals surface area (Å²) >= 11 is 0. The van der Waals surface area contributed by atoms with E-state index in [-0.39, 0.29) is 18.0 Å². The summed E-state index contributed by atoms with van der Waals surface area (Å²) in [5.74, 6) is -0.253. The Morgan fingerprint density at radius 3 is 2.63 bits per heavy atom. The van der Waals surface area contributed by atoms with Crippen LogP contribution in [0.15, 0.2) is 0 Å². The molecule has 0 aromatic rings. The Labute approximate surface area is 116 Å². The van der Waals surface area contributed by atoms with Crippen LogP contribution in [0.1, 0.15) is 51.4 Å². The summed E-state index contributed by atoms with van der Waals surface area (Å²) in [5, 5.41) is 10.1. The van der Waals surface area contributed by atoms with Crippen LogP contribution in [0.4, 0.5) is 0 Å². The van der Waals surface area contributed by atoms with Gasteiger partial charge in [-0.25, -0.2) is 0 Å². The van der Waals surface area contributed by atoms with Crippen molar-refractivity contribution in [2.75, 3.05) is 20.2 Å². The zero-order chi connectivity index (χ0) is 13.3. The van der Waals surface area contributed by atoms with Crippen LogP contribution in [-0.2, 0) is 9.47 Å². The zero-order valence-corrected chi connectivity index (χ0v) is 12.0. The highest BCUT2D eigenvalue weighted by atomic mass is 16.7. The summed E-state index contributed by atoms with van der Waals surface area (Å²) in [5.41, 5.74) is 0. The highest BCUT2D eigenvalue weighted by molar-refractivity contribution is 4.87. The van der Waals surface area contributed by atoms with Gasteiger partial charge in [0.25, 0.3) is 0 Å². The van der Waals surface area contributed by atoms with Crippen molar-refractivity contribution >= 4 is 0 Å². The minimum absolute atomic E-state index is 0.165. The Bertz CT molecular complexity index is 304. The van der Waals surface area contributed by atoms with Gasteiger partial charge in [0.15, 0.2) is 5.79 Å². The summed E-state index contributed by atoms with van der Waals surface area (Å²) in [6, 6.07) is 0.303. The summed E-state index contributed by atoms with van der Waals surface area (Å²) in [6.07, 6.45) is 9.03. The first-order valence-corrected chi connectivity index (χ1v) is 7.89. The van der Waals surface area contributed by atoms with E-state index in [1.54, 1.807) is 0 Å². The maximum Gasteiger partial charge on any atom is 0.168 e. The van der Waals surface area contributed by atoms with Gasteiger partial charge in [-0.15, -0.1) is 0 Å². The fraction of sp³-hybridized carbons (Fsp3) is 1.00. The van der Waals surface area contributed by atoms with Gasteiger partial charge < -0.3 is 14.6 Å². The van der Waals surface area contributed by atoms with Crippen LogP contribution in [0.5, 0.6) is 0 Å². The molecular formula is C15H27NO3. The van der Waals surface area contributed by atoms with Crippen LogP contribution < -0.4 is 0 Å². The molecule has 3 rings (SSSR count).